The average molecular weight is 521 g/mol. The highest BCUT2D eigenvalue weighted by molar-refractivity contribution is 7.89. The lowest BCUT2D eigenvalue weighted by Crippen LogP contribution is -2.83. The second-order valence-electron chi connectivity index (χ2n) is 9.55. The highest BCUT2D eigenvalue weighted by Crippen LogP contribution is 2.50. The average Bonchev–Trinajstić information content (AvgIpc) is 2.90. The zero-order chi connectivity index (χ0) is 26.6. The summed E-state index contributed by atoms with van der Waals surface area (Å²) in [6, 6.07) is 25.2. The number of nitrogens with zero attached hydrogens (tertiary/aromatic N) is 1. The molecule has 3 aromatic rings. The summed E-state index contributed by atoms with van der Waals surface area (Å²) in [4.78, 5) is 15.9. The van der Waals surface area contributed by atoms with Gasteiger partial charge >= 0.3 is 5.97 Å². The molecular formula is C30H36N2O4S. The maximum Gasteiger partial charge on any atom is 0.325 e. The Balaban J connectivity index is 1.84. The van der Waals surface area contributed by atoms with Crippen LogP contribution in [0.4, 0.5) is 0 Å². The van der Waals surface area contributed by atoms with Gasteiger partial charge in [-0.3, -0.25) is 9.69 Å². The summed E-state index contributed by atoms with van der Waals surface area (Å²) >= 11 is 0. The molecule has 0 spiro atoms. The van der Waals surface area contributed by atoms with E-state index in [4.69, 9.17) is 4.74 Å². The van der Waals surface area contributed by atoms with Crippen molar-refractivity contribution in [1.29, 1.82) is 0 Å². The van der Waals surface area contributed by atoms with Crippen molar-refractivity contribution in [2.45, 2.75) is 69.1 Å². The first kappa shape index (κ1) is 27.0. The van der Waals surface area contributed by atoms with E-state index < -0.39 is 33.6 Å². The van der Waals surface area contributed by atoms with Crippen molar-refractivity contribution in [3.8, 4) is 0 Å². The third kappa shape index (κ3) is 5.08. The number of benzene rings is 3. The summed E-state index contributed by atoms with van der Waals surface area (Å²) in [5.41, 5.74) is 2.44. The van der Waals surface area contributed by atoms with Crippen LogP contribution in [0.25, 0.3) is 0 Å². The van der Waals surface area contributed by atoms with Crippen LogP contribution in [-0.4, -0.2) is 43.5 Å². The van der Waals surface area contributed by atoms with Gasteiger partial charge in [-0.2, -0.15) is 0 Å². The normalized spacial score (nSPS) is 19.4. The van der Waals surface area contributed by atoms with E-state index in [9.17, 15) is 13.2 Å². The second kappa shape index (κ2) is 11.2. The predicted molar refractivity (Wildman–Crippen MR) is 146 cm³/mol. The van der Waals surface area contributed by atoms with Crippen LogP contribution >= 0.6 is 0 Å². The number of likely N-dealkylation sites (tertiary alicyclic amines) is 1. The van der Waals surface area contributed by atoms with Crippen molar-refractivity contribution >= 4 is 16.0 Å². The second-order valence-corrected chi connectivity index (χ2v) is 11.3. The molecule has 0 amide bonds. The standard InChI is InChI=1S/C30H36N2O4S/c1-5-30(6-2)28(31-37(34,35)25-20-18-22(4)19-21-25)27(29(33)36-7-3)32(30)26(23-14-10-8-11-15-23)24-16-12-9-13-17-24/h8-21,26-28,31H,5-7H2,1-4H3/t27-,28+/m1/s1. The van der Waals surface area contributed by atoms with E-state index in [1.54, 1.807) is 31.2 Å². The molecule has 1 aliphatic heterocycles. The van der Waals surface area contributed by atoms with Crippen LogP contribution in [0.3, 0.4) is 0 Å². The van der Waals surface area contributed by atoms with Gasteiger partial charge in [-0.15, -0.1) is 0 Å². The highest BCUT2D eigenvalue weighted by atomic mass is 32.2. The molecule has 2 atom stereocenters. The Labute approximate surface area is 220 Å². The fraction of sp³-hybridized carbons (Fsp3) is 0.367. The van der Waals surface area contributed by atoms with Gasteiger partial charge < -0.3 is 4.74 Å². The van der Waals surface area contributed by atoms with Gasteiger partial charge in [-0.05, 0) is 49.9 Å². The molecule has 1 aliphatic rings. The summed E-state index contributed by atoms with van der Waals surface area (Å²) in [5, 5.41) is 0. The molecule has 7 heteroatoms. The third-order valence-corrected chi connectivity index (χ3v) is 9.04. The Kier molecular flexibility index (Phi) is 8.17. The van der Waals surface area contributed by atoms with Crippen LogP contribution in [0, 0.1) is 6.92 Å². The quantitative estimate of drug-likeness (QED) is 0.370. The van der Waals surface area contributed by atoms with E-state index in [-0.39, 0.29) is 17.5 Å². The van der Waals surface area contributed by atoms with Gasteiger partial charge in [-0.1, -0.05) is 92.2 Å². The molecule has 0 saturated carbocycles. The lowest BCUT2D eigenvalue weighted by Gasteiger charge is -2.65. The summed E-state index contributed by atoms with van der Waals surface area (Å²) in [6.07, 6.45) is 1.30. The Morgan fingerprint density at radius 3 is 1.86 bits per heavy atom. The number of carbonyl (C=O) groups excluding carboxylic acids is 1. The summed E-state index contributed by atoms with van der Waals surface area (Å²) in [6.45, 7) is 8.01. The molecule has 6 nitrogen and oxygen atoms in total. The summed E-state index contributed by atoms with van der Waals surface area (Å²) in [5.74, 6) is -0.423. The Morgan fingerprint density at radius 1 is 0.892 bits per heavy atom. The summed E-state index contributed by atoms with van der Waals surface area (Å²) < 4.78 is 35.5. The van der Waals surface area contributed by atoms with Crippen LogP contribution in [0.1, 0.15) is 56.3 Å². The molecule has 1 saturated heterocycles. The Bertz CT molecular complexity index is 1250. The molecule has 0 aliphatic carbocycles. The van der Waals surface area contributed by atoms with E-state index in [2.05, 4.69) is 47.7 Å². The first-order valence-electron chi connectivity index (χ1n) is 12.9. The van der Waals surface area contributed by atoms with Gasteiger partial charge in [0.2, 0.25) is 10.0 Å². The minimum atomic E-state index is -3.87. The number of hydrogen-bond acceptors (Lipinski definition) is 5. The number of carbonyl (C=O) groups is 1. The molecule has 1 N–H and O–H groups in total. The SMILES string of the molecule is CCOC(=O)[C@H]1[C@H](NS(=O)(=O)c2ccc(C)cc2)C(CC)(CC)N1C(c1ccccc1)c1ccccc1. The van der Waals surface area contributed by atoms with Gasteiger partial charge in [0.15, 0.2) is 0 Å². The van der Waals surface area contributed by atoms with E-state index >= 15 is 0 Å². The molecular weight excluding hydrogens is 484 g/mol. The highest BCUT2D eigenvalue weighted by Gasteiger charge is 2.64. The van der Waals surface area contributed by atoms with E-state index in [0.29, 0.717) is 12.8 Å². The fourth-order valence-corrected chi connectivity index (χ4v) is 6.98. The van der Waals surface area contributed by atoms with Crippen LogP contribution in [-0.2, 0) is 19.6 Å². The van der Waals surface area contributed by atoms with Gasteiger partial charge in [0.25, 0.3) is 0 Å². The van der Waals surface area contributed by atoms with Crippen molar-refractivity contribution in [3.63, 3.8) is 0 Å². The maximum atomic E-state index is 13.5. The third-order valence-electron chi connectivity index (χ3n) is 7.58. The molecule has 0 radical (unpaired) electrons. The Hall–Kier alpha value is -3.00. The molecule has 0 aromatic heterocycles. The minimum absolute atomic E-state index is 0.183. The van der Waals surface area contributed by atoms with Crippen LogP contribution in [0.15, 0.2) is 89.8 Å². The molecule has 37 heavy (non-hydrogen) atoms. The molecule has 196 valence electrons. The van der Waals surface area contributed by atoms with Crippen LogP contribution < -0.4 is 4.72 Å². The molecule has 0 unspecified atom stereocenters. The number of aryl methyl sites for hydroxylation is 1. The van der Waals surface area contributed by atoms with Crippen molar-refractivity contribution in [3.05, 3.63) is 102 Å². The monoisotopic (exact) mass is 520 g/mol. The van der Waals surface area contributed by atoms with Gasteiger partial charge in [0, 0.05) is 5.54 Å². The zero-order valence-electron chi connectivity index (χ0n) is 21.9. The molecule has 3 aromatic carbocycles. The van der Waals surface area contributed by atoms with Crippen LogP contribution in [0.5, 0.6) is 0 Å². The zero-order valence-corrected chi connectivity index (χ0v) is 22.7. The van der Waals surface area contributed by atoms with Crippen LogP contribution in [0.2, 0.25) is 0 Å². The van der Waals surface area contributed by atoms with E-state index in [1.165, 1.54) is 0 Å². The first-order valence-corrected chi connectivity index (χ1v) is 14.4. The summed E-state index contributed by atoms with van der Waals surface area (Å²) in [7, 11) is -3.87. The van der Waals surface area contributed by atoms with Crippen molar-refractivity contribution in [2.75, 3.05) is 6.61 Å². The molecule has 1 fully saturated rings. The number of sulfonamides is 1. The topological polar surface area (TPSA) is 75.7 Å². The number of ether oxygens (including phenoxy) is 1. The van der Waals surface area contributed by atoms with E-state index in [1.807, 2.05) is 43.3 Å². The number of hydrogen-bond donors (Lipinski definition) is 1. The maximum absolute atomic E-state index is 13.5. The number of rotatable bonds is 10. The lowest BCUT2D eigenvalue weighted by atomic mass is 9.67. The predicted octanol–water partition coefficient (Wildman–Crippen LogP) is 5.24. The molecule has 4 rings (SSSR count). The first-order chi connectivity index (χ1) is 17.8. The number of nitrogens with one attached hydrogen (secondary N) is 1. The van der Waals surface area contributed by atoms with Gasteiger partial charge in [0.05, 0.1) is 23.6 Å². The van der Waals surface area contributed by atoms with Crippen molar-refractivity contribution in [1.82, 2.24) is 9.62 Å². The van der Waals surface area contributed by atoms with Gasteiger partial charge in [0.1, 0.15) is 6.04 Å². The van der Waals surface area contributed by atoms with Crippen molar-refractivity contribution < 1.29 is 17.9 Å². The largest absolute Gasteiger partial charge is 0.465 e. The Morgan fingerprint density at radius 2 is 1.41 bits per heavy atom. The fourth-order valence-electron chi connectivity index (χ4n) is 5.67. The molecule has 0 bridgehead atoms. The van der Waals surface area contributed by atoms with E-state index in [0.717, 1.165) is 16.7 Å². The smallest absolute Gasteiger partial charge is 0.325 e. The van der Waals surface area contributed by atoms with Gasteiger partial charge in [-0.25, -0.2) is 13.1 Å². The lowest BCUT2D eigenvalue weighted by molar-refractivity contribution is -0.181. The molecule has 1 heterocycles. The van der Waals surface area contributed by atoms with Crippen molar-refractivity contribution in [2.24, 2.45) is 0 Å². The minimum Gasteiger partial charge on any atom is -0.465 e. The number of esters is 1.